The summed E-state index contributed by atoms with van der Waals surface area (Å²) < 4.78 is 17.1. The monoisotopic (exact) mass is 344 g/mol. The molecule has 0 aromatic heterocycles. The summed E-state index contributed by atoms with van der Waals surface area (Å²) in [6, 6.07) is 0. The van der Waals surface area contributed by atoms with Crippen molar-refractivity contribution in [1.82, 2.24) is 0 Å². The van der Waals surface area contributed by atoms with E-state index in [0.29, 0.717) is 19.4 Å². The Kier molecular flexibility index (Phi) is 8.77. The molecule has 3 unspecified atom stereocenters. The molecule has 0 N–H and O–H groups in total. The molecule has 3 atom stereocenters. The average molecular weight is 344 g/mol. The van der Waals surface area contributed by atoms with E-state index in [9.17, 15) is 9.59 Å². The summed E-state index contributed by atoms with van der Waals surface area (Å²) in [5.41, 5.74) is -2.35. The van der Waals surface area contributed by atoms with Gasteiger partial charge in [0.1, 0.15) is 23.9 Å². The fourth-order valence-electron chi connectivity index (χ4n) is 2.32. The molecule has 0 amide bonds. The molecule has 5 nitrogen and oxygen atoms in total. The van der Waals surface area contributed by atoms with Crippen LogP contribution >= 0.6 is 0 Å². The minimum absolute atomic E-state index is 0.0365. The van der Waals surface area contributed by atoms with Gasteiger partial charge in [0, 0.05) is 6.61 Å². The summed E-state index contributed by atoms with van der Waals surface area (Å²) in [6.45, 7) is 16.9. The van der Waals surface area contributed by atoms with Crippen molar-refractivity contribution < 1.29 is 23.8 Å². The van der Waals surface area contributed by atoms with Crippen LogP contribution < -0.4 is 0 Å². The second-order valence-electron chi connectivity index (χ2n) is 7.55. The van der Waals surface area contributed by atoms with Crippen LogP contribution in [0.15, 0.2) is 0 Å². The van der Waals surface area contributed by atoms with Crippen molar-refractivity contribution in [2.45, 2.75) is 98.1 Å². The van der Waals surface area contributed by atoms with Gasteiger partial charge in [-0.25, -0.2) is 0 Å². The first-order valence-electron chi connectivity index (χ1n) is 8.88. The van der Waals surface area contributed by atoms with Gasteiger partial charge in [-0.05, 0) is 61.3 Å². The maximum atomic E-state index is 12.7. The minimum Gasteiger partial charge on any atom is -0.368 e. The van der Waals surface area contributed by atoms with Crippen LogP contribution in [0, 0.1) is 0 Å². The Balaban J connectivity index is 5.08. The quantitative estimate of drug-likeness (QED) is 0.572. The lowest BCUT2D eigenvalue weighted by molar-refractivity contribution is -0.173. The summed E-state index contributed by atoms with van der Waals surface area (Å²) in [6.07, 6.45) is 0.288. The van der Waals surface area contributed by atoms with Gasteiger partial charge in [0.15, 0.2) is 11.6 Å². The van der Waals surface area contributed by atoms with Crippen molar-refractivity contribution >= 4 is 11.6 Å². The lowest BCUT2D eigenvalue weighted by atomic mass is 9.92. The highest BCUT2D eigenvalue weighted by Crippen LogP contribution is 2.25. The highest BCUT2D eigenvalue weighted by atomic mass is 16.5. The van der Waals surface area contributed by atoms with E-state index in [1.54, 1.807) is 20.8 Å². The molecule has 0 heterocycles. The number of hydrogen-bond acceptors (Lipinski definition) is 5. The van der Waals surface area contributed by atoms with E-state index in [4.69, 9.17) is 14.2 Å². The third kappa shape index (κ3) is 6.61. The number of rotatable bonds is 11. The number of Topliss-reactive ketones (excluding diaryl/α,β-unsaturated/α-hetero) is 2. The molecule has 0 bridgehead atoms. The van der Waals surface area contributed by atoms with Crippen molar-refractivity contribution in [1.29, 1.82) is 0 Å². The van der Waals surface area contributed by atoms with Gasteiger partial charge in [0.2, 0.25) is 0 Å². The maximum absolute atomic E-state index is 12.7. The zero-order valence-electron chi connectivity index (χ0n) is 16.9. The van der Waals surface area contributed by atoms with Crippen molar-refractivity contribution in [2.24, 2.45) is 0 Å². The summed E-state index contributed by atoms with van der Waals surface area (Å²) in [5.74, 6) is -0.301. The van der Waals surface area contributed by atoms with E-state index in [2.05, 4.69) is 0 Å². The number of carbonyl (C=O) groups is 2. The fourth-order valence-corrected chi connectivity index (χ4v) is 2.32. The lowest BCUT2D eigenvalue weighted by Gasteiger charge is -2.35. The van der Waals surface area contributed by atoms with E-state index >= 15 is 0 Å². The molecule has 0 saturated heterocycles. The zero-order valence-corrected chi connectivity index (χ0v) is 16.9. The molecule has 0 aromatic rings. The average Bonchev–Trinajstić information content (AvgIpc) is 2.50. The van der Waals surface area contributed by atoms with Gasteiger partial charge >= 0.3 is 0 Å². The molecule has 0 aliphatic rings. The predicted molar refractivity (Wildman–Crippen MR) is 95.3 cm³/mol. The molecule has 142 valence electrons. The highest BCUT2D eigenvalue weighted by molar-refractivity contribution is 5.92. The predicted octanol–water partition coefficient (Wildman–Crippen LogP) is 3.72. The third-order valence-corrected chi connectivity index (χ3v) is 4.37. The molecule has 0 spiro atoms. The lowest BCUT2D eigenvalue weighted by Crippen LogP contribution is -2.50. The Morgan fingerprint density at radius 2 is 1.38 bits per heavy atom. The molecular weight excluding hydrogens is 308 g/mol. The van der Waals surface area contributed by atoms with Gasteiger partial charge in [0.25, 0.3) is 0 Å². The molecule has 0 rings (SSSR count). The van der Waals surface area contributed by atoms with Crippen LogP contribution in [-0.2, 0) is 23.8 Å². The van der Waals surface area contributed by atoms with Gasteiger partial charge < -0.3 is 14.2 Å². The molecule has 0 aliphatic carbocycles. The SMILES string of the molecule is CCOC(C)(CC)C(=O)C(C)OC(C)(CC)C(=O)COC(C)(C)C. The van der Waals surface area contributed by atoms with Crippen molar-refractivity contribution in [3.8, 4) is 0 Å². The molecule has 5 heteroatoms. The first kappa shape index (κ1) is 23.2. The second-order valence-corrected chi connectivity index (χ2v) is 7.55. The summed E-state index contributed by atoms with van der Waals surface area (Å²) in [4.78, 5) is 25.3. The molecule has 0 saturated carbocycles. The molecule has 0 aliphatic heterocycles. The van der Waals surface area contributed by atoms with Crippen LogP contribution in [0.1, 0.15) is 75.2 Å². The van der Waals surface area contributed by atoms with Crippen LogP contribution in [0.3, 0.4) is 0 Å². The first-order chi connectivity index (χ1) is 10.8. The largest absolute Gasteiger partial charge is 0.368 e. The number of ketones is 2. The van der Waals surface area contributed by atoms with E-state index in [1.807, 2.05) is 41.5 Å². The Morgan fingerprint density at radius 3 is 1.75 bits per heavy atom. The van der Waals surface area contributed by atoms with Gasteiger partial charge in [-0.15, -0.1) is 0 Å². The first-order valence-corrected chi connectivity index (χ1v) is 8.88. The third-order valence-electron chi connectivity index (χ3n) is 4.37. The second kappa shape index (κ2) is 9.07. The minimum atomic E-state index is -1.05. The van der Waals surface area contributed by atoms with E-state index in [0.717, 1.165) is 0 Å². The van der Waals surface area contributed by atoms with Crippen LogP contribution in [-0.4, -0.2) is 47.7 Å². The number of ether oxygens (including phenoxy) is 3. The van der Waals surface area contributed by atoms with E-state index in [1.165, 1.54) is 0 Å². The standard InChI is InChI=1S/C19H36O5/c1-10-18(8,15(20)13-23-17(5,6)7)24-14(4)16(21)19(9,11-2)22-12-3/h14H,10-13H2,1-9H3. The highest BCUT2D eigenvalue weighted by Gasteiger charge is 2.41. The molecule has 0 radical (unpaired) electrons. The number of carbonyl (C=O) groups excluding carboxylic acids is 2. The zero-order chi connectivity index (χ0) is 19.2. The Morgan fingerprint density at radius 1 is 0.875 bits per heavy atom. The van der Waals surface area contributed by atoms with Crippen LogP contribution in [0.25, 0.3) is 0 Å². The topological polar surface area (TPSA) is 61.8 Å². The Bertz CT molecular complexity index is 426. The maximum Gasteiger partial charge on any atom is 0.192 e. The van der Waals surface area contributed by atoms with E-state index in [-0.39, 0.29) is 18.2 Å². The van der Waals surface area contributed by atoms with Crippen molar-refractivity contribution in [3.05, 3.63) is 0 Å². The van der Waals surface area contributed by atoms with Crippen molar-refractivity contribution in [2.75, 3.05) is 13.2 Å². The van der Waals surface area contributed by atoms with Crippen LogP contribution in [0.2, 0.25) is 0 Å². The Labute approximate surface area is 147 Å². The fraction of sp³-hybridized carbons (Fsp3) is 0.895. The molecule has 24 heavy (non-hydrogen) atoms. The summed E-state index contributed by atoms with van der Waals surface area (Å²) in [7, 11) is 0. The summed E-state index contributed by atoms with van der Waals surface area (Å²) >= 11 is 0. The number of hydrogen-bond donors (Lipinski definition) is 0. The normalized spacial score (nSPS) is 18.5. The van der Waals surface area contributed by atoms with Crippen LogP contribution in [0.5, 0.6) is 0 Å². The van der Waals surface area contributed by atoms with Crippen LogP contribution in [0.4, 0.5) is 0 Å². The molecular formula is C19H36O5. The van der Waals surface area contributed by atoms with Gasteiger partial charge in [-0.1, -0.05) is 13.8 Å². The van der Waals surface area contributed by atoms with Gasteiger partial charge in [-0.2, -0.15) is 0 Å². The van der Waals surface area contributed by atoms with E-state index < -0.39 is 22.9 Å². The smallest absolute Gasteiger partial charge is 0.192 e. The Hall–Kier alpha value is -0.780. The summed E-state index contributed by atoms with van der Waals surface area (Å²) in [5, 5.41) is 0. The van der Waals surface area contributed by atoms with Gasteiger partial charge in [0.05, 0.1) is 5.60 Å². The molecule has 0 aromatic carbocycles. The van der Waals surface area contributed by atoms with Crippen molar-refractivity contribution in [3.63, 3.8) is 0 Å². The van der Waals surface area contributed by atoms with Gasteiger partial charge in [-0.3, -0.25) is 9.59 Å². The molecule has 0 fully saturated rings.